The molecule has 8 heteroatoms. The van der Waals surface area contributed by atoms with E-state index in [1.165, 1.54) is 38.5 Å². The molecule has 3 aromatic carbocycles. The number of nitrogens with one attached hydrogen (secondary N) is 1. The van der Waals surface area contributed by atoms with Crippen LogP contribution in [0.2, 0.25) is 5.02 Å². The number of methoxy groups -OCH3 is 2. The molecule has 2 amide bonds. The molecule has 6 nitrogen and oxygen atoms in total. The Labute approximate surface area is 188 Å². The summed E-state index contributed by atoms with van der Waals surface area (Å²) >= 11 is 6.21. The van der Waals surface area contributed by atoms with Crippen molar-refractivity contribution in [3.8, 4) is 11.5 Å². The molecule has 0 atom stereocenters. The number of benzene rings is 3. The van der Waals surface area contributed by atoms with Gasteiger partial charge in [-0.1, -0.05) is 23.7 Å². The maximum absolute atomic E-state index is 13.5. The number of carbonyl (C=O) groups is 2. The van der Waals surface area contributed by atoms with E-state index in [4.69, 9.17) is 21.1 Å². The fraction of sp³-hybridized carbons (Fsp3) is 0.0833. The first kappa shape index (κ1) is 21.4. The number of amides is 2. The van der Waals surface area contributed by atoms with E-state index in [1.54, 1.807) is 42.5 Å². The Hall–Kier alpha value is -3.84. The van der Waals surface area contributed by atoms with Gasteiger partial charge in [-0.3, -0.25) is 9.59 Å². The molecule has 0 unspecified atom stereocenters. The largest absolute Gasteiger partial charge is 0.497 e. The molecule has 0 saturated carbocycles. The Morgan fingerprint density at radius 2 is 1.56 bits per heavy atom. The fourth-order valence-electron chi connectivity index (χ4n) is 3.38. The molecule has 4 rings (SSSR count). The molecule has 0 aromatic heterocycles. The van der Waals surface area contributed by atoms with Crippen molar-refractivity contribution in [2.24, 2.45) is 0 Å². The molecule has 0 fully saturated rings. The van der Waals surface area contributed by atoms with Crippen molar-refractivity contribution in [3.05, 3.63) is 88.8 Å². The molecule has 0 saturated heterocycles. The van der Waals surface area contributed by atoms with Gasteiger partial charge in [-0.2, -0.15) is 0 Å². The van der Waals surface area contributed by atoms with E-state index in [-0.39, 0.29) is 11.3 Å². The predicted octanol–water partition coefficient (Wildman–Crippen LogP) is 4.89. The first-order valence-electron chi connectivity index (χ1n) is 9.56. The number of hydrogen-bond acceptors (Lipinski definition) is 5. The molecule has 0 spiro atoms. The molecule has 0 aliphatic carbocycles. The van der Waals surface area contributed by atoms with Crippen molar-refractivity contribution in [2.75, 3.05) is 24.4 Å². The van der Waals surface area contributed by atoms with E-state index in [2.05, 4.69) is 5.32 Å². The lowest BCUT2D eigenvalue weighted by Gasteiger charge is -2.16. The Kier molecular flexibility index (Phi) is 5.83. The number of ether oxygens (including phenoxy) is 2. The van der Waals surface area contributed by atoms with Gasteiger partial charge in [0.2, 0.25) is 0 Å². The number of carbonyl (C=O) groups excluding carboxylic acids is 2. The van der Waals surface area contributed by atoms with Gasteiger partial charge in [0.05, 0.1) is 30.5 Å². The summed E-state index contributed by atoms with van der Waals surface area (Å²) in [6.45, 7) is 0. The molecule has 0 bridgehead atoms. The standard InChI is InChI=1S/C24H18ClFN2O4/c1-31-18-10-8-17(9-11-18)28-23(29)21(14-3-5-15(26)6-4-14)22(24(28)30)27-16-7-12-20(32-2)19(25)13-16/h3-13,27H,1-2H3. The van der Waals surface area contributed by atoms with Gasteiger partial charge in [0.25, 0.3) is 11.8 Å². The highest BCUT2D eigenvalue weighted by atomic mass is 35.5. The van der Waals surface area contributed by atoms with Crippen LogP contribution in [0.1, 0.15) is 5.56 Å². The summed E-state index contributed by atoms with van der Waals surface area (Å²) in [6.07, 6.45) is 0. The quantitative estimate of drug-likeness (QED) is 0.539. The van der Waals surface area contributed by atoms with Crippen molar-refractivity contribution in [2.45, 2.75) is 0 Å². The number of nitrogens with zero attached hydrogens (tertiary/aromatic N) is 1. The van der Waals surface area contributed by atoms with Crippen LogP contribution in [0.4, 0.5) is 15.8 Å². The van der Waals surface area contributed by atoms with E-state index in [0.717, 1.165) is 4.90 Å². The van der Waals surface area contributed by atoms with Crippen LogP contribution < -0.4 is 19.7 Å². The second-order valence-corrected chi connectivity index (χ2v) is 7.28. The van der Waals surface area contributed by atoms with Crippen LogP contribution in [0.3, 0.4) is 0 Å². The summed E-state index contributed by atoms with van der Waals surface area (Å²) in [7, 11) is 3.02. The Morgan fingerprint density at radius 3 is 2.16 bits per heavy atom. The van der Waals surface area contributed by atoms with E-state index < -0.39 is 17.6 Å². The van der Waals surface area contributed by atoms with Crippen molar-refractivity contribution in [1.82, 2.24) is 0 Å². The van der Waals surface area contributed by atoms with Gasteiger partial charge in [0, 0.05) is 5.69 Å². The van der Waals surface area contributed by atoms with Gasteiger partial charge in [-0.25, -0.2) is 9.29 Å². The van der Waals surface area contributed by atoms with E-state index in [0.29, 0.717) is 33.5 Å². The average Bonchev–Trinajstić information content (AvgIpc) is 3.04. The molecule has 1 heterocycles. The summed E-state index contributed by atoms with van der Waals surface area (Å²) in [4.78, 5) is 27.8. The molecule has 162 valence electrons. The van der Waals surface area contributed by atoms with Crippen LogP contribution in [0.15, 0.2) is 72.4 Å². The SMILES string of the molecule is COc1ccc(N2C(=O)C(Nc3ccc(OC)c(Cl)c3)=C(c3ccc(F)cc3)C2=O)cc1. The van der Waals surface area contributed by atoms with Gasteiger partial charge in [-0.15, -0.1) is 0 Å². The zero-order chi connectivity index (χ0) is 22.8. The monoisotopic (exact) mass is 452 g/mol. The maximum Gasteiger partial charge on any atom is 0.282 e. The molecular weight excluding hydrogens is 435 g/mol. The van der Waals surface area contributed by atoms with Gasteiger partial charge in [-0.05, 0) is 60.2 Å². The van der Waals surface area contributed by atoms with Crippen molar-refractivity contribution >= 4 is 40.4 Å². The lowest BCUT2D eigenvalue weighted by molar-refractivity contribution is -0.120. The van der Waals surface area contributed by atoms with E-state index in [9.17, 15) is 14.0 Å². The number of hydrogen-bond donors (Lipinski definition) is 1. The fourth-order valence-corrected chi connectivity index (χ4v) is 3.64. The second kappa shape index (κ2) is 8.72. The van der Waals surface area contributed by atoms with Crippen molar-refractivity contribution in [3.63, 3.8) is 0 Å². The normalized spacial score (nSPS) is 13.6. The molecule has 1 aliphatic heterocycles. The molecule has 1 aliphatic rings. The summed E-state index contributed by atoms with van der Waals surface area (Å²) < 4.78 is 23.8. The minimum Gasteiger partial charge on any atom is -0.497 e. The van der Waals surface area contributed by atoms with Crippen LogP contribution in [-0.4, -0.2) is 26.0 Å². The van der Waals surface area contributed by atoms with Crippen LogP contribution in [0.25, 0.3) is 5.57 Å². The van der Waals surface area contributed by atoms with Crippen LogP contribution in [0.5, 0.6) is 11.5 Å². The zero-order valence-corrected chi connectivity index (χ0v) is 17.9. The predicted molar refractivity (Wildman–Crippen MR) is 120 cm³/mol. The second-order valence-electron chi connectivity index (χ2n) is 6.87. The smallest absolute Gasteiger partial charge is 0.282 e. The summed E-state index contributed by atoms with van der Waals surface area (Å²) in [5.74, 6) is -0.473. The Morgan fingerprint density at radius 1 is 0.875 bits per heavy atom. The highest BCUT2D eigenvalue weighted by Gasteiger charge is 2.40. The highest BCUT2D eigenvalue weighted by Crippen LogP contribution is 2.35. The highest BCUT2D eigenvalue weighted by molar-refractivity contribution is 6.46. The van der Waals surface area contributed by atoms with Gasteiger partial charge >= 0.3 is 0 Å². The first-order chi connectivity index (χ1) is 15.4. The Balaban J connectivity index is 1.78. The maximum atomic E-state index is 13.5. The zero-order valence-electron chi connectivity index (χ0n) is 17.2. The average molecular weight is 453 g/mol. The number of imide groups is 1. The molecule has 0 radical (unpaired) electrons. The Bertz CT molecular complexity index is 1220. The molecule has 3 aromatic rings. The van der Waals surface area contributed by atoms with Gasteiger partial charge in [0.15, 0.2) is 0 Å². The summed E-state index contributed by atoms with van der Waals surface area (Å²) in [5.41, 5.74) is 1.45. The van der Waals surface area contributed by atoms with Crippen molar-refractivity contribution < 1.29 is 23.5 Å². The minimum absolute atomic E-state index is 0.0543. The molecular formula is C24H18ClFN2O4. The third kappa shape index (κ3) is 3.90. The molecule has 32 heavy (non-hydrogen) atoms. The first-order valence-corrected chi connectivity index (χ1v) is 9.94. The lowest BCUT2D eigenvalue weighted by Crippen LogP contribution is -2.32. The van der Waals surface area contributed by atoms with Crippen molar-refractivity contribution in [1.29, 1.82) is 0 Å². The molecule has 1 N–H and O–H groups in total. The summed E-state index contributed by atoms with van der Waals surface area (Å²) in [5, 5.41) is 3.35. The minimum atomic E-state index is -0.550. The van der Waals surface area contributed by atoms with Crippen LogP contribution in [0, 0.1) is 5.82 Å². The van der Waals surface area contributed by atoms with E-state index in [1.807, 2.05) is 0 Å². The number of rotatable bonds is 6. The lowest BCUT2D eigenvalue weighted by atomic mass is 10.0. The van der Waals surface area contributed by atoms with Crippen LogP contribution >= 0.6 is 11.6 Å². The summed E-state index contributed by atoms with van der Waals surface area (Å²) in [6, 6.07) is 16.8. The topological polar surface area (TPSA) is 67.9 Å². The van der Waals surface area contributed by atoms with Gasteiger partial charge in [0.1, 0.15) is 23.0 Å². The van der Waals surface area contributed by atoms with E-state index >= 15 is 0 Å². The third-order valence-corrected chi connectivity index (χ3v) is 5.26. The number of halogens is 2. The number of anilines is 2. The van der Waals surface area contributed by atoms with Gasteiger partial charge < -0.3 is 14.8 Å². The third-order valence-electron chi connectivity index (χ3n) is 4.97. The van der Waals surface area contributed by atoms with Crippen LogP contribution in [-0.2, 0) is 9.59 Å².